The van der Waals surface area contributed by atoms with Gasteiger partial charge in [-0.2, -0.15) is 0 Å². The van der Waals surface area contributed by atoms with Gasteiger partial charge >= 0.3 is 0 Å². The molecule has 84 valence electrons. The molecule has 0 bridgehead atoms. The van der Waals surface area contributed by atoms with Gasteiger partial charge in [-0.3, -0.25) is 0 Å². The number of nitrogens with one attached hydrogen (secondary N) is 1. The monoisotopic (exact) mass is 214 g/mol. The Morgan fingerprint density at radius 2 is 2.06 bits per heavy atom. The lowest BCUT2D eigenvalue weighted by molar-refractivity contribution is 0.710. The van der Waals surface area contributed by atoms with E-state index in [4.69, 9.17) is 5.73 Å². The van der Waals surface area contributed by atoms with Crippen molar-refractivity contribution in [1.29, 1.82) is 0 Å². The quantitative estimate of drug-likeness (QED) is 0.793. The lowest BCUT2D eigenvalue weighted by atomic mass is 9.93. The van der Waals surface area contributed by atoms with Gasteiger partial charge in [0.15, 0.2) is 0 Å². The van der Waals surface area contributed by atoms with Gasteiger partial charge in [0.25, 0.3) is 0 Å². The highest BCUT2D eigenvalue weighted by Crippen LogP contribution is 2.50. The third-order valence-corrected chi connectivity index (χ3v) is 3.94. The van der Waals surface area contributed by atoms with Crippen molar-refractivity contribution in [2.45, 2.75) is 32.1 Å². The number of H-pyrrole nitrogens is 1. The molecule has 0 unspecified atom stereocenters. The summed E-state index contributed by atoms with van der Waals surface area (Å²) in [6, 6.07) is 4.48. The van der Waals surface area contributed by atoms with Crippen molar-refractivity contribution in [1.82, 2.24) is 4.98 Å². The summed E-state index contributed by atoms with van der Waals surface area (Å²) in [5, 5.41) is 1.40. The second-order valence-corrected chi connectivity index (χ2v) is 5.19. The maximum Gasteiger partial charge on any atom is 0.0462 e. The first-order valence-electron chi connectivity index (χ1n) is 5.95. The number of aryl methyl sites for hydroxylation is 2. The van der Waals surface area contributed by atoms with E-state index in [1.54, 1.807) is 0 Å². The molecule has 2 aromatic rings. The Labute approximate surface area is 95.8 Å². The zero-order chi connectivity index (χ0) is 11.3. The minimum atomic E-state index is 0.276. The molecule has 1 heterocycles. The molecular formula is C14H18N2. The Kier molecular flexibility index (Phi) is 1.93. The van der Waals surface area contributed by atoms with Crippen LogP contribution < -0.4 is 5.73 Å². The normalized spacial score (nSPS) is 17.9. The average molecular weight is 214 g/mol. The van der Waals surface area contributed by atoms with Gasteiger partial charge in [-0.15, -0.1) is 0 Å². The minimum absolute atomic E-state index is 0.276. The molecule has 3 rings (SSSR count). The fraction of sp³-hybridized carbons (Fsp3) is 0.429. The van der Waals surface area contributed by atoms with E-state index < -0.39 is 0 Å². The molecule has 2 nitrogen and oxygen atoms in total. The van der Waals surface area contributed by atoms with E-state index in [1.807, 2.05) is 0 Å². The standard InChI is InChI=1S/C14H18N2/c1-9-5-10(2)13-11(7-16-12(13)6-9)14(8-15)3-4-14/h5-7,16H,3-4,8,15H2,1-2H3. The van der Waals surface area contributed by atoms with Gasteiger partial charge in [0, 0.05) is 29.1 Å². The van der Waals surface area contributed by atoms with Crippen LogP contribution in [-0.2, 0) is 5.41 Å². The summed E-state index contributed by atoms with van der Waals surface area (Å²) in [4.78, 5) is 3.39. The Balaban J connectivity index is 2.28. The Hall–Kier alpha value is -1.28. The number of aromatic amines is 1. The van der Waals surface area contributed by atoms with Gasteiger partial charge in [-0.25, -0.2) is 0 Å². The summed E-state index contributed by atoms with van der Waals surface area (Å²) in [5.74, 6) is 0. The van der Waals surface area contributed by atoms with Crippen molar-refractivity contribution < 1.29 is 0 Å². The van der Waals surface area contributed by atoms with Crippen molar-refractivity contribution in [3.8, 4) is 0 Å². The molecule has 0 aliphatic heterocycles. The second-order valence-electron chi connectivity index (χ2n) is 5.19. The van der Waals surface area contributed by atoms with Gasteiger partial charge < -0.3 is 10.7 Å². The maximum atomic E-state index is 5.92. The third-order valence-electron chi connectivity index (χ3n) is 3.94. The van der Waals surface area contributed by atoms with Crippen LogP contribution in [0, 0.1) is 13.8 Å². The highest BCUT2D eigenvalue weighted by Gasteiger charge is 2.44. The molecular weight excluding hydrogens is 196 g/mol. The topological polar surface area (TPSA) is 41.8 Å². The lowest BCUT2D eigenvalue weighted by Gasteiger charge is -2.12. The van der Waals surface area contributed by atoms with E-state index in [9.17, 15) is 0 Å². The number of rotatable bonds is 2. The van der Waals surface area contributed by atoms with Crippen molar-refractivity contribution in [3.05, 3.63) is 35.0 Å². The highest BCUT2D eigenvalue weighted by molar-refractivity contribution is 5.88. The van der Waals surface area contributed by atoms with Gasteiger partial charge in [-0.05, 0) is 49.4 Å². The van der Waals surface area contributed by atoms with E-state index >= 15 is 0 Å². The van der Waals surface area contributed by atoms with E-state index in [2.05, 4.69) is 37.2 Å². The van der Waals surface area contributed by atoms with Crippen LogP contribution in [0.5, 0.6) is 0 Å². The summed E-state index contributed by atoms with van der Waals surface area (Å²) >= 11 is 0. The van der Waals surface area contributed by atoms with Crippen LogP contribution in [0.15, 0.2) is 18.3 Å². The SMILES string of the molecule is Cc1cc(C)c2c(C3(CN)CC3)c[nH]c2c1. The van der Waals surface area contributed by atoms with E-state index in [1.165, 1.54) is 40.4 Å². The molecule has 3 N–H and O–H groups in total. The van der Waals surface area contributed by atoms with Crippen molar-refractivity contribution in [2.24, 2.45) is 5.73 Å². The smallest absolute Gasteiger partial charge is 0.0462 e. The number of hydrogen-bond donors (Lipinski definition) is 2. The van der Waals surface area contributed by atoms with E-state index in [0.717, 1.165) is 6.54 Å². The predicted molar refractivity (Wildman–Crippen MR) is 67.7 cm³/mol. The molecule has 0 saturated heterocycles. The third kappa shape index (κ3) is 1.23. The Bertz CT molecular complexity index is 547. The van der Waals surface area contributed by atoms with Crippen LogP contribution in [0.1, 0.15) is 29.5 Å². The first-order valence-corrected chi connectivity index (χ1v) is 5.95. The lowest BCUT2D eigenvalue weighted by Crippen LogP contribution is -2.19. The molecule has 16 heavy (non-hydrogen) atoms. The molecule has 1 aromatic heterocycles. The fourth-order valence-corrected chi connectivity index (χ4v) is 2.81. The molecule has 1 aliphatic carbocycles. The zero-order valence-electron chi connectivity index (χ0n) is 9.93. The first kappa shape index (κ1) is 9.91. The highest BCUT2D eigenvalue weighted by atomic mass is 14.7. The summed E-state index contributed by atoms with van der Waals surface area (Å²) in [6.07, 6.45) is 4.64. The largest absolute Gasteiger partial charge is 0.361 e. The second kappa shape index (κ2) is 3.11. The molecule has 0 atom stereocenters. The van der Waals surface area contributed by atoms with Crippen LogP contribution in [0.4, 0.5) is 0 Å². The summed E-state index contributed by atoms with van der Waals surface area (Å²) in [5.41, 5.74) is 11.6. The number of fused-ring (bicyclic) bond motifs is 1. The zero-order valence-corrected chi connectivity index (χ0v) is 9.93. The van der Waals surface area contributed by atoms with Crippen LogP contribution >= 0.6 is 0 Å². The van der Waals surface area contributed by atoms with E-state index in [-0.39, 0.29) is 5.41 Å². The van der Waals surface area contributed by atoms with Crippen molar-refractivity contribution in [3.63, 3.8) is 0 Å². The first-order chi connectivity index (χ1) is 7.66. The predicted octanol–water partition coefficient (Wildman–Crippen LogP) is 2.78. The van der Waals surface area contributed by atoms with Crippen LogP contribution in [0.2, 0.25) is 0 Å². The molecule has 0 spiro atoms. The van der Waals surface area contributed by atoms with Gasteiger partial charge in [0.2, 0.25) is 0 Å². The minimum Gasteiger partial charge on any atom is -0.361 e. The summed E-state index contributed by atoms with van der Waals surface area (Å²) < 4.78 is 0. The molecule has 1 saturated carbocycles. The Morgan fingerprint density at radius 1 is 1.31 bits per heavy atom. The molecule has 1 aromatic carbocycles. The number of hydrogen-bond acceptors (Lipinski definition) is 1. The van der Waals surface area contributed by atoms with Crippen molar-refractivity contribution >= 4 is 10.9 Å². The van der Waals surface area contributed by atoms with Gasteiger partial charge in [0.05, 0.1) is 0 Å². The van der Waals surface area contributed by atoms with Crippen LogP contribution in [-0.4, -0.2) is 11.5 Å². The van der Waals surface area contributed by atoms with E-state index in [0.29, 0.717) is 0 Å². The molecule has 1 fully saturated rings. The number of benzene rings is 1. The fourth-order valence-electron chi connectivity index (χ4n) is 2.81. The number of nitrogens with two attached hydrogens (primary N) is 1. The van der Waals surface area contributed by atoms with Crippen LogP contribution in [0.25, 0.3) is 10.9 Å². The van der Waals surface area contributed by atoms with Crippen molar-refractivity contribution in [2.75, 3.05) is 6.54 Å². The Morgan fingerprint density at radius 3 is 2.69 bits per heavy atom. The number of aromatic nitrogens is 1. The molecule has 0 amide bonds. The van der Waals surface area contributed by atoms with Gasteiger partial charge in [0.1, 0.15) is 0 Å². The maximum absolute atomic E-state index is 5.92. The molecule has 2 heteroatoms. The molecule has 0 radical (unpaired) electrons. The van der Waals surface area contributed by atoms with Gasteiger partial charge in [-0.1, -0.05) is 6.07 Å². The summed E-state index contributed by atoms with van der Waals surface area (Å²) in [7, 11) is 0. The van der Waals surface area contributed by atoms with Crippen LogP contribution in [0.3, 0.4) is 0 Å². The average Bonchev–Trinajstić information content (AvgIpc) is 2.92. The molecule has 1 aliphatic rings. The summed E-state index contributed by atoms with van der Waals surface area (Å²) in [6.45, 7) is 5.11.